The van der Waals surface area contributed by atoms with Crippen molar-refractivity contribution in [2.45, 2.75) is 45.3 Å². The minimum Gasteiger partial charge on any atom is -0.333 e. The maximum Gasteiger partial charge on any atom is 0.222 e. The molecule has 1 atom stereocenters. The third-order valence-corrected chi connectivity index (χ3v) is 4.26. The molecule has 1 amide bonds. The van der Waals surface area contributed by atoms with Gasteiger partial charge in [0.25, 0.3) is 0 Å². The van der Waals surface area contributed by atoms with Crippen molar-refractivity contribution >= 4 is 5.91 Å². The molecule has 3 rings (SSSR count). The summed E-state index contributed by atoms with van der Waals surface area (Å²) < 4.78 is 2.21. The van der Waals surface area contributed by atoms with Gasteiger partial charge in [0, 0.05) is 19.5 Å². The Morgan fingerprint density at radius 3 is 2.84 bits per heavy atom. The molecule has 1 aromatic heterocycles. The number of hydrogen-bond acceptors (Lipinski definition) is 4. The molecular formula is C13H21N5O. The second-order valence-corrected chi connectivity index (χ2v) is 5.43. The topological polar surface area (TPSA) is 54.3 Å². The van der Waals surface area contributed by atoms with Crippen LogP contribution in [0, 0.1) is 0 Å². The Labute approximate surface area is 113 Å². The fraction of sp³-hybridized carbons (Fsp3) is 0.769. The standard InChI is InChI=1S/C13H21N5O/c1-3-12(19)17-7-8-18-11(9-17)14-15-13(18)10-5-4-6-16(10)2/h10H,3-9H2,1-2H3. The van der Waals surface area contributed by atoms with Crippen LogP contribution in [-0.2, 0) is 17.9 Å². The van der Waals surface area contributed by atoms with E-state index in [9.17, 15) is 4.79 Å². The highest BCUT2D eigenvalue weighted by Gasteiger charge is 2.31. The van der Waals surface area contributed by atoms with Crippen molar-refractivity contribution < 1.29 is 4.79 Å². The summed E-state index contributed by atoms with van der Waals surface area (Å²) >= 11 is 0. The zero-order valence-electron chi connectivity index (χ0n) is 11.7. The van der Waals surface area contributed by atoms with Crippen molar-refractivity contribution in [2.75, 3.05) is 20.1 Å². The Kier molecular flexibility index (Phi) is 3.26. The average molecular weight is 263 g/mol. The molecule has 19 heavy (non-hydrogen) atoms. The SMILES string of the molecule is CCC(=O)N1CCn2c(nnc2C2CCCN2C)C1. The Bertz CT molecular complexity index is 483. The van der Waals surface area contributed by atoms with Gasteiger partial charge in [0.2, 0.25) is 5.91 Å². The van der Waals surface area contributed by atoms with E-state index in [0.29, 0.717) is 19.0 Å². The highest BCUT2D eigenvalue weighted by Crippen LogP contribution is 2.30. The number of carbonyl (C=O) groups excluding carboxylic acids is 1. The van der Waals surface area contributed by atoms with Crippen molar-refractivity contribution in [1.29, 1.82) is 0 Å². The van der Waals surface area contributed by atoms with E-state index in [1.807, 2.05) is 11.8 Å². The van der Waals surface area contributed by atoms with E-state index in [1.54, 1.807) is 0 Å². The van der Waals surface area contributed by atoms with E-state index in [4.69, 9.17) is 0 Å². The number of rotatable bonds is 2. The average Bonchev–Trinajstić information content (AvgIpc) is 3.02. The van der Waals surface area contributed by atoms with Crippen LogP contribution in [-0.4, -0.2) is 50.6 Å². The first kappa shape index (κ1) is 12.6. The maximum absolute atomic E-state index is 11.8. The van der Waals surface area contributed by atoms with Crippen LogP contribution in [0.1, 0.15) is 43.9 Å². The summed E-state index contributed by atoms with van der Waals surface area (Å²) in [5.41, 5.74) is 0. The van der Waals surface area contributed by atoms with Crippen LogP contribution in [0.15, 0.2) is 0 Å². The van der Waals surface area contributed by atoms with Gasteiger partial charge in [0.05, 0.1) is 12.6 Å². The third-order valence-electron chi connectivity index (χ3n) is 4.26. The first-order valence-corrected chi connectivity index (χ1v) is 7.10. The van der Waals surface area contributed by atoms with Gasteiger partial charge < -0.3 is 9.47 Å². The van der Waals surface area contributed by atoms with Crippen molar-refractivity contribution in [3.05, 3.63) is 11.6 Å². The molecule has 2 aliphatic heterocycles. The normalized spacial score (nSPS) is 23.7. The second kappa shape index (κ2) is 4.92. The van der Waals surface area contributed by atoms with Gasteiger partial charge in [-0.1, -0.05) is 6.92 Å². The quantitative estimate of drug-likeness (QED) is 0.792. The summed E-state index contributed by atoms with van der Waals surface area (Å²) in [6, 6.07) is 0.398. The maximum atomic E-state index is 11.8. The number of fused-ring (bicyclic) bond motifs is 1. The van der Waals surface area contributed by atoms with Crippen LogP contribution in [0.2, 0.25) is 0 Å². The first-order chi connectivity index (χ1) is 9.20. The van der Waals surface area contributed by atoms with E-state index >= 15 is 0 Å². The number of amides is 1. The van der Waals surface area contributed by atoms with E-state index in [-0.39, 0.29) is 5.91 Å². The smallest absolute Gasteiger partial charge is 0.222 e. The number of likely N-dealkylation sites (tertiary alicyclic amines) is 1. The van der Waals surface area contributed by atoms with E-state index in [1.165, 1.54) is 6.42 Å². The van der Waals surface area contributed by atoms with Gasteiger partial charge in [-0.3, -0.25) is 9.69 Å². The molecule has 1 fully saturated rings. The molecule has 0 aromatic carbocycles. The monoisotopic (exact) mass is 263 g/mol. The van der Waals surface area contributed by atoms with E-state index in [0.717, 1.165) is 37.7 Å². The highest BCUT2D eigenvalue weighted by atomic mass is 16.2. The van der Waals surface area contributed by atoms with Gasteiger partial charge in [-0.25, -0.2) is 0 Å². The molecular weight excluding hydrogens is 242 g/mol. The van der Waals surface area contributed by atoms with Gasteiger partial charge in [-0.2, -0.15) is 0 Å². The van der Waals surface area contributed by atoms with Crippen LogP contribution < -0.4 is 0 Å². The van der Waals surface area contributed by atoms with Crippen LogP contribution in [0.4, 0.5) is 0 Å². The summed E-state index contributed by atoms with van der Waals surface area (Å²) in [6.07, 6.45) is 2.95. The molecule has 1 saturated heterocycles. The molecule has 104 valence electrons. The number of nitrogens with zero attached hydrogens (tertiary/aromatic N) is 5. The minimum absolute atomic E-state index is 0.203. The highest BCUT2D eigenvalue weighted by molar-refractivity contribution is 5.75. The number of hydrogen-bond donors (Lipinski definition) is 0. The van der Waals surface area contributed by atoms with Crippen LogP contribution in [0.3, 0.4) is 0 Å². The number of aromatic nitrogens is 3. The summed E-state index contributed by atoms with van der Waals surface area (Å²) in [4.78, 5) is 16.0. The van der Waals surface area contributed by atoms with Gasteiger partial charge in [-0.15, -0.1) is 10.2 Å². The summed E-state index contributed by atoms with van der Waals surface area (Å²) in [7, 11) is 2.15. The molecule has 0 N–H and O–H groups in total. The molecule has 0 aliphatic carbocycles. The third kappa shape index (κ3) is 2.14. The molecule has 3 heterocycles. The van der Waals surface area contributed by atoms with Gasteiger partial charge in [-0.05, 0) is 26.4 Å². The number of carbonyl (C=O) groups is 1. The van der Waals surface area contributed by atoms with E-state index < -0.39 is 0 Å². The molecule has 1 aromatic rings. The zero-order valence-corrected chi connectivity index (χ0v) is 11.7. The molecule has 0 bridgehead atoms. The molecule has 0 saturated carbocycles. The lowest BCUT2D eigenvalue weighted by Crippen LogP contribution is -2.38. The molecule has 0 radical (unpaired) electrons. The minimum atomic E-state index is 0.203. The van der Waals surface area contributed by atoms with Crippen molar-refractivity contribution in [3.63, 3.8) is 0 Å². The van der Waals surface area contributed by atoms with Crippen LogP contribution in [0.5, 0.6) is 0 Å². The largest absolute Gasteiger partial charge is 0.333 e. The van der Waals surface area contributed by atoms with E-state index in [2.05, 4.69) is 26.7 Å². The van der Waals surface area contributed by atoms with Gasteiger partial charge in [0.1, 0.15) is 0 Å². The van der Waals surface area contributed by atoms with Crippen molar-refractivity contribution in [2.24, 2.45) is 0 Å². The summed E-state index contributed by atoms with van der Waals surface area (Å²) in [5.74, 6) is 2.22. The van der Waals surface area contributed by atoms with Gasteiger partial charge >= 0.3 is 0 Å². The summed E-state index contributed by atoms with van der Waals surface area (Å²) in [6.45, 7) is 5.25. The fourth-order valence-electron chi connectivity index (χ4n) is 3.10. The molecule has 0 spiro atoms. The molecule has 2 aliphatic rings. The Morgan fingerprint density at radius 2 is 2.16 bits per heavy atom. The predicted octanol–water partition coefficient (Wildman–Crippen LogP) is 0.797. The Balaban J connectivity index is 1.82. The predicted molar refractivity (Wildman–Crippen MR) is 70.3 cm³/mol. The van der Waals surface area contributed by atoms with Crippen molar-refractivity contribution in [1.82, 2.24) is 24.6 Å². The Morgan fingerprint density at radius 1 is 1.32 bits per heavy atom. The van der Waals surface area contributed by atoms with Crippen LogP contribution in [0.25, 0.3) is 0 Å². The lowest BCUT2D eigenvalue weighted by molar-refractivity contribution is -0.132. The molecule has 1 unspecified atom stereocenters. The lowest BCUT2D eigenvalue weighted by atomic mass is 10.2. The van der Waals surface area contributed by atoms with Gasteiger partial charge in [0.15, 0.2) is 11.6 Å². The Hall–Kier alpha value is -1.43. The lowest BCUT2D eigenvalue weighted by Gasteiger charge is -2.29. The molecule has 6 nitrogen and oxygen atoms in total. The first-order valence-electron chi connectivity index (χ1n) is 7.10. The van der Waals surface area contributed by atoms with Crippen LogP contribution >= 0.6 is 0 Å². The summed E-state index contributed by atoms with van der Waals surface area (Å²) in [5, 5.41) is 8.68. The second-order valence-electron chi connectivity index (χ2n) is 5.43. The molecule has 6 heteroatoms. The van der Waals surface area contributed by atoms with Crippen molar-refractivity contribution in [3.8, 4) is 0 Å². The zero-order chi connectivity index (χ0) is 13.4. The fourth-order valence-corrected chi connectivity index (χ4v) is 3.10.